The van der Waals surface area contributed by atoms with E-state index in [4.69, 9.17) is 4.74 Å². The molecule has 0 fully saturated rings. The number of aliphatic hydroxyl groups is 1. The number of hydrogen-bond donors (Lipinski definition) is 1. The molecule has 18 heavy (non-hydrogen) atoms. The SMILES string of the molecule is CC(C)Oc1ccccc1C(O)c1cnn(C)c1. The zero-order valence-corrected chi connectivity index (χ0v) is 10.9. The van der Waals surface area contributed by atoms with Gasteiger partial charge < -0.3 is 9.84 Å². The fourth-order valence-electron chi connectivity index (χ4n) is 1.83. The molecule has 0 aliphatic carbocycles. The summed E-state index contributed by atoms with van der Waals surface area (Å²) in [5.41, 5.74) is 1.52. The Morgan fingerprint density at radius 3 is 2.61 bits per heavy atom. The van der Waals surface area contributed by atoms with Crippen LogP contribution < -0.4 is 4.74 Å². The molecule has 1 aromatic heterocycles. The van der Waals surface area contributed by atoms with Crippen molar-refractivity contribution in [1.29, 1.82) is 0 Å². The Labute approximate surface area is 107 Å². The lowest BCUT2D eigenvalue weighted by atomic mass is 10.0. The molecule has 96 valence electrons. The van der Waals surface area contributed by atoms with Gasteiger partial charge in [-0.1, -0.05) is 18.2 Å². The Morgan fingerprint density at radius 1 is 1.28 bits per heavy atom. The average molecular weight is 246 g/mol. The maximum absolute atomic E-state index is 10.4. The number of benzene rings is 1. The van der Waals surface area contributed by atoms with E-state index in [-0.39, 0.29) is 6.10 Å². The van der Waals surface area contributed by atoms with E-state index in [1.807, 2.05) is 45.2 Å². The topological polar surface area (TPSA) is 47.3 Å². The first-order valence-corrected chi connectivity index (χ1v) is 6.00. The number of ether oxygens (including phenoxy) is 1. The van der Waals surface area contributed by atoms with Crippen LogP contribution in [0.1, 0.15) is 31.1 Å². The van der Waals surface area contributed by atoms with Gasteiger partial charge in [-0.25, -0.2) is 0 Å². The minimum atomic E-state index is -0.714. The molecular formula is C14H18N2O2. The van der Waals surface area contributed by atoms with E-state index >= 15 is 0 Å². The van der Waals surface area contributed by atoms with Crippen molar-refractivity contribution in [3.8, 4) is 5.75 Å². The van der Waals surface area contributed by atoms with E-state index in [1.54, 1.807) is 17.1 Å². The van der Waals surface area contributed by atoms with Gasteiger partial charge in [-0.05, 0) is 19.9 Å². The smallest absolute Gasteiger partial charge is 0.125 e. The molecule has 1 N–H and O–H groups in total. The molecule has 4 heteroatoms. The quantitative estimate of drug-likeness (QED) is 0.900. The standard InChI is InChI=1S/C14H18N2O2/c1-10(2)18-13-7-5-4-6-12(13)14(17)11-8-15-16(3)9-11/h4-10,14,17H,1-3H3. The van der Waals surface area contributed by atoms with Gasteiger partial charge >= 0.3 is 0 Å². The molecule has 0 spiro atoms. The molecule has 1 aromatic carbocycles. The van der Waals surface area contributed by atoms with Gasteiger partial charge in [-0.15, -0.1) is 0 Å². The molecule has 0 aliphatic rings. The van der Waals surface area contributed by atoms with Crippen molar-refractivity contribution in [2.45, 2.75) is 26.1 Å². The molecular weight excluding hydrogens is 228 g/mol. The summed E-state index contributed by atoms with van der Waals surface area (Å²) in [6, 6.07) is 7.53. The molecule has 0 amide bonds. The molecule has 0 bridgehead atoms. The molecule has 0 aliphatic heterocycles. The van der Waals surface area contributed by atoms with Crippen molar-refractivity contribution < 1.29 is 9.84 Å². The minimum absolute atomic E-state index is 0.0762. The van der Waals surface area contributed by atoms with Crippen molar-refractivity contribution in [3.05, 3.63) is 47.8 Å². The van der Waals surface area contributed by atoms with Gasteiger partial charge in [0.2, 0.25) is 0 Å². The van der Waals surface area contributed by atoms with Crippen LogP contribution in [-0.4, -0.2) is 21.0 Å². The Morgan fingerprint density at radius 2 is 2.00 bits per heavy atom. The van der Waals surface area contributed by atoms with Gasteiger partial charge in [0, 0.05) is 24.4 Å². The summed E-state index contributed by atoms with van der Waals surface area (Å²) >= 11 is 0. The minimum Gasteiger partial charge on any atom is -0.491 e. The highest BCUT2D eigenvalue weighted by Gasteiger charge is 2.17. The van der Waals surface area contributed by atoms with Gasteiger partial charge in [-0.2, -0.15) is 5.10 Å². The van der Waals surface area contributed by atoms with Crippen molar-refractivity contribution >= 4 is 0 Å². The fraction of sp³-hybridized carbons (Fsp3) is 0.357. The summed E-state index contributed by atoms with van der Waals surface area (Å²) in [7, 11) is 1.83. The molecule has 1 unspecified atom stereocenters. The Bertz CT molecular complexity index is 520. The highest BCUT2D eigenvalue weighted by atomic mass is 16.5. The lowest BCUT2D eigenvalue weighted by Crippen LogP contribution is -2.09. The van der Waals surface area contributed by atoms with Crippen LogP contribution in [0.5, 0.6) is 5.75 Å². The van der Waals surface area contributed by atoms with Crippen LogP contribution in [0.15, 0.2) is 36.7 Å². The van der Waals surface area contributed by atoms with E-state index in [0.29, 0.717) is 5.75 Å². The number of aryl methyl sites for hydroxylation is 1. The second-order valence-corrected chi connectivity index (χ2v) is 4.55. The Balaban J connectivity index is 2.32. The van der Waals surface area contributed by atoms with E-state index in [9.17, 15) is 5.11 Å². The van der Waals surface area contributed by atoms with Crippen LogP contribution in [0.2, 0.25) is 0 Å². The number of rotatable bonds is 4. The van der Waals surface area contributed by atoms with Crippen molar-refractivity contribution in [2.24, 2.45) is 7.05 Å². The maximum atomic E-state index is 10.4. The summed E-state index contributed by atoms with van der Waals surface area (Å²) in [6.07, 6.45) is 2.83. The van der Waals surface area contributed by atoms with Crippen LogP contribution in [0.25, 0.3) is 0 Å². The van der Waals surface area contributed by atoms with Crippen molar-refractivity contribution in [2.75, 3.05) is 0 Å². The van der Waals surface area contributed by atoms with E-state index in [0.717, 1.165) is 11.1 Å². The Hall–Kier alpha value is -1.81. The summed E-state index contributed by atoms with van der Waals surface area (Å²) in [5.74, 6) is 0.712. The summed E-state index contributed by atoms with van der Waals surface area (Å²) in [5, 5.41) is 14.4. The van der Waals surface area contributed by atoms with Gasteiger partial charge in [-0.3, -0.25) is 4.68 Å². The molecule has 2 rings (SSSR count). The first-order valence-electron chi connectivity index (χ1n) is 6.00. The second-order valence-electron chi connectivity index (χ2n) is 4.55. The first kappa shape index (κ1) is 12.6. The third-order valence-corrected chi connectivity index (χ3v) is 2.62. The Kier molecular flexibility index (Phi) is 3.67. The molecule has 2 aromatic rings. The predicted octanol–water partition coefficient (Wildman–Crippen LogP) is 2.29. The molecule has 0 saturated heterocycles. The zero-order valence-electron chi connectivity index (χ0n) is 10.9. The number of aliphatic hydroxyl groups excluding tert-OH is 1. The van der Waals surface area contributed by atoms with E-state index in [1.165, 1.54) is 0 Å². The lowest BCUT2D eigenvalue weighted by Gasteiger charge is -2.17. The fourth-order valence-corrected chi connectivity index (χ4v) is 1.83. The number of aromatic nitrogens is 2. The number of nitrogens with zero attached hydrogens (tertiary/aromatic N) is 2. The van der Waals surface area contributed by atoms with Crippen LogP contribution in [0, 0.1) is 0 Å². The molecule has 1 heterocycles. The summed E-state index contributed by atoms with van der Waals surface area (Å²) < 4.78 is 7.38. The normalized spacial score (nSPS) is 12.7. The highest BCUT2D eigenvalue weighted by molar-refractivity contribution is 5.39. The second kappa shape index (κ2) is 5.23. The van der Waals surface area contributed by atoms with E-state index in [2.05, 4.69) is 5.10 Å². The number of hydrogen-bond acceptors (Lipinski definition) is 3. The molecule has 4 nitrogen and oxygen atoms in total. The van der Waals surface area contributed by atoms with Crippen LogP contribution in [0.3, 0.4) is 0 Å². The van der Waals surface area contributed by atoms with Gasteiger partial charge in [0.25, 0.3) is 0 Å². The molecule has 0 radical (unpaired) electrons. The van der Waals surface area contributed by atoms with Gasteiger partial charge in [0.1, 0.15) is 11.9 Å². The third-order valence-electron chi connectivity index (χ3n) is 2.62. The lowest BCUT2D eigenvalue weighted by molar-refractivity contribution is 0.198. The van der Waals surface area contributed by atoms with Crippen LogP contribution in [-0.2, 0) is 7.05 Å². The number of para-hydroxylation sites is 1. The van der Waals surface area contributed by atoms with Crippen molar-refractivity contribution in [1.82, 2.24) is 9.78 Å². The van der Waals surface area contributed by atoms with E-state index < -0.39 is 6.10 Å². The summed E-state index contributed by atoms with van der Waals surface area (Å²) in [6.45, 7) is 3.93. The van der Waals surface area contributed by atoms with Crippen LogP contribution in [0.4, 0.5) is 0 Å². The highest BCUT2D eigenvalue weighted by Crippen LogP contribution is 2.30. The predicted molar refractivity (Wildman–Crippen MR) is 69.5 cm³/mol. The third kappa shape index (κ3) is 2.71. The van der Waals surface area contributed by atoms with Crippen molar-refractivity contribution in [3.63, 3.8) is 0 Å². The molecule has 0 saturated carbocycles. The van der Waals surface area contributed by atoms with Gasteiger partial charge in [0.15, 0.2) is 0 Å². The first-order chi connectivity index (χ1) is 8.58. The maximum Gasteiger partial charge on any atom is 0.125 e. The zero-order chi connectivity index (χ0) is 13.1. The average Bonchev–Trinajstić information content (AvgIpc) is 2.75. The van der Waals surface area contributed by atoms with Gasteiger partial charge in [0.05, 0.1) is 12.3 Å². The summed E-state index contributed by atoms with van der Waals surface area (Å²) in [4.78, 5) is 0. The monoisotopic (exact) mass is 246 g/mol. The largest absolute Gasteiger partial charge is 0.491 e. The molecule has 1 atom stereocenters. The van der Waals surface area contributed by atoms with Crippen LogP contribution >= 0.6 is 0 Å².